The minimum Gasteiger partial charge on any atom is -0.464 e. The summed E-state index contributed by atoms with van der Waals surface area (Å²) in [5.41, 5.74) is 1.02. The summed E-state index contributed by atoms with van der Waals surface area (Å²) in [6.07, 6.45) is 0. The normalized spacial score (nSPS) is 10.4. The van der Waals surface area contributed by atoms with Gasteiger partial charge < -0.3 is 9.15 Å². The number of aryl methyl sites for hydroxylation is 2. The second-order valence-corrected chi connectivity index (χ2v) is 3.44. The summed E-state index contributed by atoms with van der Waals surface area (Å²) in [4.78, 5) is 11.3. The Morgan fingerprint density at radius 1 is 1.50 bits per heavy atom. The number of hydrogen-bond acceptors (Lipinski definition) is 4. The van der Waals surface area contributed by atoms with E-state index in [1.165, 1.54) is 7.11 Å². The first kappa shape index (κ1) is 10.5. The third-order valence-corrected chi connectivity index (χ3v) is 2.27. The first-order valence-electron chi connectivity index (χ1n) is 4.81. The average Bonchev–Trinajstić information content (AvgIpc) is 2.83. The van der Waals surface area contributed by atoms with Crippen LogP contribution in [0.25, 0.3) is 11.5 Å². The van der Waals surface area contributed by atoms with Gasteiger partial charge in [-0.1, -0.05) is 0 Å². The summed E-state index contributed by atoms with van der Waals surface area (Å²) < 4.78 is 11.7. The molecule has 0 atom stereocenters. The van der Waals surface area contributed by atoms with Crippen LogP contribution in [0.3, 0.4) is 0 Å². The molecule has 2 heterocycles. The lowest BCUT2D eigenvalue weighted by atomic mass is 10.3. The molecule has 0 unspecified atom stereocenters. The zero-order chi connectivity index (χ0) is 11.7. The van der Waals surface area contributed by atoms with Crippen LogP contribution in [-0.4, -0.2) is 22.9 Å². The van der Waals surface area contributed by atoms with Gasteiger partial charge in [-0.25, -0.2) is 4.79 Å². The van der Waals surface area contributed by atoms with Crippen LogP contribution in [0.4, 0.5) is 0 Å². The van der Waals surface area contributed by atoms with Gasteiger partial charge >= 0.3 is 5.97 Å². The van der Waals surface area contributed by atoms with Crippen molar-refractivity contribution in [3.8, 4) is 11.5 Å². The molecule has 0 saturated carbocycles. The van der Waals surface area contributed by atoms with E-state index in [1.807, 2.05) is 19.1 Å². The van der Waals surface area contributed by atoms with E-state index in [-0.39, 0.29) is 5.69 Å². The minimum atomic E-state index is -0.454. The highest BCUT2D eigenvalue weighted by Crippen LogP contribution is 2.22. The number of carbonyl (C=O) groups excluding carboxylic acids is 1. The Bertz CT molecular complexity index is 525. The summed E-state index contributed by atoms with van der Waals surface area (Å²) >= 11 is 0. The Labute approximate surface area is 92.6 Å². The number of carbonyl (C=O) groups is 1. The number of methoxy groups -OCH3 is 1. The molecule has 0 saturated heterocycles. The molecule has 0 aliphatic carbocycles. The van der Waals surface area contributed by atoms with Crippen LogP contribution in [0.15, 0.2) is 22.6 Å². The summed E-state index contributed by atoms with van der Waals surface area (Å²) in [6.45, 7) is 1.86. The van der Waals surface area contributed by atoms with E-state index in [9.17, 15) is 4.79 Å². The SMILES string of the molecule is COC(=O)c1cc(-c2ccc(C)o2)n(C)n1. The Morgan fingerprint density at radius 3 is 2.81 bits per heavy atom. The van der Waals surface area contributed by atoms with Crippen molar-refractivity contribution in [1.82, 2.24) is 9.78 Å². The lowest BCUT2D eigenvalue weighted by molar-refractivity contribution is 0.0593. The zero-order valence-electron chi connectivity index (χ0n) is 9.35. The second kappa shape index (κ2) is 3.84. The van der Waals surface area contributed by atoms with Gasteiger partial charge in [-0.05, 0) is 19.1 Å². The minimum absolute atomic E-state index is 0.272. The van der Waals surface area contributed by atoms with Crippen molar-refractivity contribution in [3.05, 3.63) is 29.7 Å². The van der Waals surface area contributed by atoms with Crippen LogP contribution >= 0.6 is 0 Å². The van der Waals surface area contributed by atoms with Crippen molar-refractivity contribution in [2.24, 2.45) is 7.05 Å². The molecule has 84 valence electrons. The van der Waals surface area contributed by atoms with Gasteiger partial charge in [0.15, 0.2) is 11.5 Å². The Morgan fingerprint density at radius 2 is 2.25 bits per heavy atom. The number of nitrogens with zero attached hydrogens (tertiary/aromatic N) is 2. The summed E-state index contributed by atoms with van der Waals surface area (Å²) in [7, 11) is 3.08. The highest BCUT2D eigenvalue weighted by molar-refractivity contribution is 5.88. The molecule has 5 nitrogen and oxygen atoms in total. The van der Waals surface area contributed by atoms with Crippen LogP contribution in [0.2, 0.25) is 0 Å². The molecule has 0 aliphatic heterocycles. The molecule has 0 bridgehead atoms. The van der Waals surface area contributed by atoms with Crippen molar-refractivity contribution >= 4 is 5.97 Å². The third kappa shape index (κ3) is 1.71. The molecule has 2 aromatic rings. The van der Waals surface area contributed by atoms with Gasteiger partial charge in [-0.3, -0.25) is 4.68 Å². The predicted octanol–water partition coefficient (Wildman–Crippen LogP) is 1.78. The highest BCUT2D eigenvalue weighted by atomic mass is 16.5. The Balaban J connectivity index is 2.43. The number of rotatable bonds is 2. The van der Waals surface area contributed by atoms with Gasteiger partial charge in [0.25, 0.3) is 0 Å². The van der Waals surface area contributed by atoms with Crippen molar-refractivity contribution in [2.45, 2.75) is 6.92 Å². The van der Waals surface area contributed by atoms with E-state index < -0.39 is 5.97 Å². The monoisotopic (exact) mass is 220 g/mol. The van der Waals surface area contributed by atoms with E-state index in [2.05, 4.69) is 9.84 Å². The zero-order valence-corrected chi connectivity index (χ0v) is 9.35. The first-order valence-corrected chi connectivity index (χ1v) is 4.81. The van der Waals surface area contributed by atoms with Gasteiger partial charge in [0, 0.05) is 13.1 Å². The van der Waals surface area contributed by atoms with Crippen LogP contribution in [0.1, 0.15) is 16.2 Å². The summed E-state index contributed by atoms with van der Waals surface area (Å²) in [6, 6.07) is 5.34. The molecule has 16 heavy (non-hydrogen) atoms. The lowest BCUT2D eigenvalue weighted by Crippen LogP contribution is -2.02. The maximum atomic E-state index is 11.3. The third-order valence-electron chi connectivity index (χ3n) is 2.27. The van der Waals surface area contributed by atoms with Crippen molar-refractivity contribution in [3.63, 3.8) is 0 Å². The molecule has 0 spiro atoms. The smallest absolute Gasteiger partial charge is 0.358 e. The summed E-state index contributed by atoms with van der Waals surface area (Å²) in [5.74, 6) is 1.04. The summed E-state index contributed by atoms with van der Waals surface area (Å²) in [5, 5.41) is 4.05. The highest BCUT2D eigenvalue weighted by Gasteiger charge is 2.15. The van der Waals surface area contributed by atoms with Crippen molar-refractivity contribution in [1.29, 1.82) is 0 Å². The number of ether oxygens (including phenoxy) is 1. The molecular formula is C11H12N2O3. The standard InChI is InChI=1S/C11H12N2O3/c1-7-4-5-10(16-7)9-6-8(11(14)15-3)12-13(9)2/h4-6H,1-3H3. The maximum Gasteiger partial charge on any atom is 0.358 e. The van der Waals surface area contributed by atoms with Gasteiger partial charge in [0.05, 0.1) is 7.11 Å². The van der Waals surface area contributed by atoms with Gasteiger partial charge in [-0.15, -0.1) is 0 Å². The maximum absolute atomic E-state index is 11.3. The van der Waals surface area contributed by atoms with Crippen molar-refractivity contribution < 1.29 is 13.9 Å². The molecule has 0 amide bonds. The van der Waals surface area contributed by atoms with E-state index in [4.69, 9.17) is 4.42 Å². The molecule has 0 fully saturated rings. The van der Waals surface area contributed by atoms with E-state index >= 15 is 0 Å². The molecular weight excluding hydrogens is 208 g/mol. The van der Waals surface area contributed by atoms with E-state index in [0.29, 0.717) is 5.76 Å². The topological polar surface area (TPSA) is 57.3 Å². The van der Waals surface area contributed by atoms with Crippen LogP contribution < -0.4 is 0 Å². The molecule has 0 radical (unpaired) electrons. The first-order chi connectivity index (χ1) is 7.61. The van der Waals surface area contributed by atoms with E-state index in [0.717, 1.165) is 11.5 Å². The molecule has 2 rings (SSSR count). The molecule has 0 aliphatic rings. The number of hydrogen-bond donors (Lipinski definition) is 0. The predicted molar refractivity (Wildman–Crippen MR) is 57.0 cm³/mol. The lowest BCUT2D eigenvalue weighted by Gasteiger charge is -1.95. The average molecular weight is 220 g/mol. The van der Waals surface area contributed by atoms with Gasteiger partial charge in [0.1, 0.15) is 11.5 Å². The fourth-order valence-electron chi connectivity index (χ4n) is 1.47. The van der Waals surface area contributed by atoms with Crippen LogP contribution in [0, 0.1) is 6.92 Å². The molecule has 0 N–H and O–H groups in total. The Hall–Kier alpha value is -2.04. The van der Waals surface area contributed by atoms with Gasteiger partial charge in [-0.2, -0.15) is 5.10 Å². The molecule has 0 aromatic carbocycles. The van der Waals surface area contributed by atoms with Gasteiger partial charge in [0.2, 0.25) is 0 Å². The second-order valence-electron chi connectivity index (χ2n) is 3.44. The van der Waals surface area contributed by atoms with Crippen molar-refractivity contribution in [2.75, 3.05) is 7.11 Å². The molecule has 2 aromatic heterocycles. The number of aromatic nitrogens is 2. The fraction of sp³-hybridized carbons (Fsp3) is 0.273. The number of furan rings is 1. The van der Waals surface area contributed by atoms with E-state index in [1.54, 1.807) is 17.8 Å². The largest absolute Gasteiger partial charge is 0.464 e. The number of esters is 1. The Kier molecular flexibility index (Phi) is 2.52. The van der Waals surface area contributed by atoms with Crippen LogP contribution in [0.5, 0.6) is 0 Å². The van der Waals surface area contributed by atoms with Crippen LogP contribution in [-0.2, 0) is 11.8 Å². The fourth-order valence-corrected chi connectivity index (χ4v) is 1.47. The quantitative estimate of drug-likeness (QED) is 0.724. The molecule has 5 heteroatoms.